The van der Waals surface area contributed by atoms with Crippen LogP contribution in [0.1, 0.15) is 40.3 Å². The Morgan fingerprint density at radius 3 is 2.51 bits per heavy atom. The average Bonchev–Trinajstić information content (AvgIpc) is 3.33. The van der Waals surface area contributed by atoms with Crippen molar-refractivity contribution in [3.63, 3.8) is 0 Å². The quantitative estimate of drug-likeness (QED) is 0.397. The molecule has 1 aromatic carbocycles. The molecular formula is C25H23ClF3N5O3. The van der Waals surface area contributed by atoms with Crippen LogP contribution >= 0.6 is 11.6 Å². The zero-order chi connectivity index (χ0) is 26.6. The summed E-state index contributed by atoms with van der Waals surface area (Å²) in [6.07, 6.45) is -0.0561. The number of ketones is 1. The van der Waals surface area contributed by atoms with E-state index in [0.29, 0.717) is 30.1 Å². The maximum Gasteiger partial charge on any atom is 0.418 e. The van der Waals surface area contributed by atoms with Gasteiger partial charge in [-0.15, -0.1) is 0 Å². The molecule has 1 amide bonds. The molecule has 0 spiro atoms. The number of anilines is 2. The van der Waals surface area contributed by atoms with E-state index in [-0.39, 0.29) is 47.7 Å². The molecule has 1 atom stereocenters. The van der Waals surface area contributed by atoms with E-state index in [1.165, 1.54) is 42.9 Å². The summed E-state index contributed by atoms with van der Waals surface area (Å²) >= 11 is 6.31. The Bertz CT molecular complexity index is 1300. The number of nitrogens with one attached hydrogen (secondary N) is 2. The Morgan fingerprint density at radius 2 is 1.86 bits per heavy atom. The Balaban J connectivity index is 1.43. The average molecular weight is 534 g/mol. The number of para-hydroxylation sites is 1. The van der Waals surface area contributed by atoms with E-state index in [1.54, 1.807) is 6.92 Å². The van der Waals surface area contributed by atoms with Crippen LogP contribution in [0.5, 0.6) is 0 Å². The number of amides is 1. The molecule has 0 aliphatic carbocycles. The number of pyridine rings is 1. The normalized spacial score (nSPS) is 17.4. The first kappa shape index (κ1) is 26.5. The topological polar surface area (TPSA) is 106 Å². The molecule has 194 valence electrons. The first-order valence-corrected chi connectivity index (χ1v) is 11.7. The van der Waals surface area contributed by atoms with E-state index in [9.17, 15) is 22.8 Å². The van der Waals surface area contributed by atoms with Gasteiger partial charge in [-0.25, -0.2) is 9.97 Å². The fourth-order valence-electron chi connectivity index (χ4n) is 3.96. The summed E-state index contributed by atoms with van der Waals surface area (Å²) in [7, 11) is 0. The number of hydrogen-bond donors (Lipinski definition) is 2. The Labute approximate surface area is 215 Å². The SMILES string of the molecule is Cc1ncc(C(=O)C[C@@]2(C(=O)NCc3ncc(Nc4ccccc4C(F)(F)F)cc3Cl)CCOC2)cn1. The van der Waals surface area contributed by atoms with Gasteiger partial charge in [-0.2, -0.15) is 13.2 Å². The lowest BCUT2D eigenvalue weighted by atomic mass is 9.80. The van der Waals surface area contributed by atoms with E-state index in [4.69, 9.17) is 16.3 Å². The molecule has 12 heteroatoms. The molecule has 1 fully saturated rings. The summed E-state index contributed by atoms with van der Waals surface area (Å²) in [6.45, 7) is 2.08. The number of carbonyl (C=O) groups is 2. The molecule has 8 nitrogen and oxygen atoms in total. The minimum atomic E-state index is -4.53. The van der Waals surface area contributed by atoms with E-state index in [2.05, 4.69) is 25.6 Å². The maximum absolute atomic E-state index is 13.3. The van der Waals surface area contributed by atoms with Gasteiger partial charge in [0.25, 0.3) is 0 Å². The molecule has 2 N–H and O–H groups in total. The summed E-state index contributed by atoms with van der Waals surface area (Å²) in [5.41, 5.74) is -1.14. The number of Topliss-reactive ketones (excluding diaryl/α,β-unsaturated/α-hetero) is 1. The van der Waals surface area contributed by atoms with Crippen LogP contribution in [-0.4, -0.2) is 39.9 Å². The number of hydrogen-bond acceptors (Lipinski definition) is 7. The second kappa shape index (κ2) is 10.8. The van der Waals surface area contributed by atoms with Crippen molar-refractivity contribution < 1.29 is 27.5 Å². The van der Waals surface area contributed by atoms with Gasteiger partial charge >= 0.3 is 6.18 Å². The molecule has 0 radical (unpaired) electrons. The monoisotopic (exact) mass is 533 g/mol. The van der Waals surface area contributed by atoms with Crippen molar-refractivity contribution in [2.45, 2.75) is 32.5 Å². The number of rotatable bonds is 8. The smallest absolute Gasteiger partial charge is 0.380 e. The Hall–Kier alpha value is -3.57. The highest BCUT2D eigenvalue weighted by molar-refractivity contribution is 6.31. The lowest BCUT2D eigenvalue weighted by Gasteiger charge is -2.25. The summed E-state index contributed by atoms with van der Waals surface area (Å²) in [5.74, 6) is -0.125. The summed E-state index contributed by atoms with van der Waals surface area (Å²) in [6, 6.07) is 6.49. The fraction of sp³-hybridized carbons (Fsp3) is 0.320. The van der Waals surface area contributed by atoms with Crippen LogP contribution in [0.25, 0.3) is 0 Å². The lowest BCUT2D eigenvalue weighted by Crippen LogP contribution is -2.43. The van der Waals surface area contributed by atoms with Gasteiger partial charge in [0.2, 0.25) is 5.91 Å². The van der Waals surface area contributed by atoms with Crippen LogP contribution in [-0.2, 0) is 22.3 Å². The summed E-state index contributed by atoms with van der Waals surface area (Å²) < 4.78 is 45.2. The Morgan fingerprint density at radius 1 is 1.14 bits per heavy atom. The number of nitrogens with zero attached hydrogens (tertiary/aromatic N) is 3. The number of alkyl halides is 3. The highest BCUT2D eigenvalue weighted by Gasteiger charge is 2.44. The van der Waals surface area contributed by atoms with Crippen LogP contribution in [0.15, 0.2) is 48.9 Å². The Kier molecular flexibility index (Phi) is 7.74. The van der Waals surface area contributed by atoms with Gasteiger partial charge in [0.05, 0.1) is 58.0 Å². The predicted molar refractivity (Wildman–Crippen MR) is 129 cm³/mol. The third-order valence-electron chi connectivity index (χ3n) is 6.03. The number of benzene rings is 1. The van der Waals surface area contributed by atoms with Crippen LogP contribution < -0.4 is 10.6 Å². The highest BCUT2D eigenvalue weighted by Crippen LogP contribution is 2.37. The fourth-order valence-corrected chi connectivity index (χ4v) is 4.20. The third-order valence-corrected chi connectivity index (χ3v) is 6.36. The number of carbonyl (C=O) groups excluding carboxylic acids is 2. The number of ether oxygens (including phenoxy) is 1. The first-order valence-electron chi connectivity index (χ1n) is 11.3. The molecule has 0 bridgehead atoms. The van der Waals surface area contributed by atoms with Crippen molar-refractivity contribution in [2.24, 2.45) is 5.41 Å². The third kappa shape index (κ3) is 6.23. The molecule has 3 aromatic rings. The van der Waals surface area contributed by atoms with Gasteiger partial charge in [-0.1, -0.05) is 23.7 Å². The molecule has 1 saturated heterocycles. The van der Waals surface area contributed by atoms with Crippen LogP contribution in [0.4, 0.5) is 24.5 Å². The molecular weight excluding hydrogens is 511 g/mol. The molecule has 0 unspecified atom stereocenters. The molecule has 37 heavy (non-hydrogen) atoms. The van der Waals surface area contributed by atoms with E-state index >= 15 is 0 Å². The minimum absolute atomic E-state index is 0.0410. The molecule has 2 aromatic heterocycles. The van der Waals surface area contributed by atoms with Crippen LogP contribution in [0.3, 0.4) is 0 Å². The highest BCUT2D eigenvalue weighted by atomic mass is 35.5. The molecule has 1 aliphatic rings. The minimum Gasteiger partial charge on any atom is -0.380 e. The zero-order valence-electron chi connectivity index (χ0n) is 19.7. The predicted octanol–water partition coefficient (Wildman–Crippen LogP) is 4.89. The second-order valence-electron chi connectivity index (χ2n) is 8.71. The van der Waals surface area contributed by atoms with Gasteiger partial charge in [0.15, 0.2) is 5.78 Å². The maximum atomic E-state index is 13.3. The first-order chi connectivity index (χ1) is 17.6. The standard InChI is InChI=1S/C25H23ClF3N5O3/c1-15-30-10-16(11-31-15)22(35)9-24(6-7-37-14-24)23(36)33-13-21-19(26)8-17(12-32-21)34-20-5-3-2-4-18(20)25(27,28)29/h2-5,8,10-12,34H,6-7,9,13-14H2,1H3,(H,33,36)/t24-/m0/s1. The van der Waals surface area contributed by atoms with Crippen molar-refractivity contribution in [3.8, 4) is 0 Å². The van der Waals surface area contributed by atoms with Gasteiger partial charge in [-0.3, -0.25) is 14.6 Å². The molecule has 4 rings (SSSR count). The lowest BCUT2D eigenvalue weighted by molar-refractivity contribution is -0.137. The van der Waals surface area contributed by atoms with Crippen molar-refractivity contribution in [1.82, 2.24) is 20.3 Å². The summed E-state index contributed by atoms with van der Waals surface area (Å²) in [4.78, 5) is 38.2. The zero-order valence-corrected chi connectivity index (χ0v) is 20.5. The van der Waals surface area contributed by atoms with Gasteiger partial charge in [0, 0.05) is 25.4 Å². The van der Waals surface area contributed by atoms with Gasteiger partial charge in [-0.05, 0) is 31.5 Å². The van der Waals surface area contributed by atoms with E-state index in [1.807, 2.05) is 0 Å². The molecule has 1 aliphatic heterocycles. The van der Waals surface area contributed by atoms with Crippen molar-refractivity contribution in [3.05, 3.63) is 76.6 Å². The van der Waals surface area contributed by atoms with Crippen molar-refractivity contribution >= 4 is 34.7 Å². The number of aromatic nitrogens is 3. The summed E-state index contributed by atoms with van der Waals surface area (Å²) in [5, 5.41) is 5.61. The largest absolute Gasteiger partial charge is 0.418 e. The van der Waals surface area contributed by atoms with Crippen LogP contribution in [0.2, 0.25) is 5.02 Å². The number of aryl methyl sites for hydroxylation is 1. The van der Waals surface area contributed by atoms with Crippen molar-refractivity contribution in [2.75, 3.05) is 18.5 Å². The van der Waals surface area contributed by atoms with E-state index < -0.39 is 17.2 Å². The van der Waals surface area contributed by atoms with Gasteiger partial charge in [0.1, 0.15) is 5.82 Å². The van der Waals surface area contributed by atoms with Crippen LogP contribution in [0, 0.1) is 12.3 Å². The second-order valence-corrected chi connectivity index (χ2v) is 9.11. The van der Waals surface area contributed by atoms with Crippen molar-refractivity contribution in [1.29, 1.82) is 0 Å². The van der Waals surface area contributed by atoms with E-state index in [0.717, 1.165) is 6.07 Å². The molecule has 0 saturated carbocycles. The number of halogens is 4. The molecule has 3 heterocycles. The van der Waals surface area contributed by atoms with Gasteiger partial charge < -0.3 is 15.4 Å².